The number of carbonyl (C=O) groups is 2. The van der Waals surface area contributed by atoms with Crippen molar-refractivity contribution in [1.82, 2.24) is 20.5 Å². The Kier molecular flexibility index (Phi) is 7.64. The zero-order valence-electron chi connectivity index (χ0n) is 21.0. The molecule has 6 nitrogen and oxygen atoms in total. The fraction of sp³-hybridized carbons (Fsp3) is 0.577. The fourth-order valence-electron chi connectivity index (χ4n) is 4.21. The van der Waals surface area contributed by atoms with Crippen molar-refractivity contribution in [2.75, 3.05) is 6.54 Å². The van der Waals surface area contributed by atoms with Gasteiger partial charge < -0.3 is 15.5 Å². The van der Waals surface area contributed by atoms with E-state index in [0.717, 1.165) is 23.2 Å². The third-order valence-corrected chi connectivity index (χ3v) is 6.93. The van der Waals surface area contributed by atoms with Crippen molar-refractivity contribution < 1.29 is 9.59 Å². The topological polar surface area (TPSA) is 74.3 Å². The van der Waals surface area contributed by atoms with E-state index >= 15 is 0 Å². The molecule has 0 spiro atoms. The summed E-state index contributed by atoms with van der Waals surface area (Å²) >= 11 is 1.63. The van der Waals surface area contributed by atoms with E-state index in [9.17, 15) is 9.59 Å². The number of hydrogen-bond donors (Lipinski definition) is 2. The van der Waals surface area contributed by atoms with Crippen molar-refractivity contribution >= 4 is 23.2 Å². The molecule has 33 heavy (non-hydrogen) atoms. The van der Waals surface area contributed by atoms with Crippen LogP contribution in [0.3, 0.4) is 0 Å². The summed E-state index contributed by atoms with van der Waals surface area (Å²) in [5.74, 6) is -0.0639. The second kappa shape index (κ2) is 9.94. The number of benzene rings is 1. The minimum atomic E-state index is -0.414. The molecular formula is C26H38N4O2S. The lowest BCUT2D eigenvalue weighted by atomic mass is 9.84. The van der Waals surface area contributed by atoms with E-state index in [1.165, 1.54) is 4.88 Å². The van der Waals surface area contributed by atoms with E-state index in [4.69, 9.17) is 0 Å². The second-order valence-corrected chi connectivity index (χ2v) is 11.9. The second-order valence-electron chi connectivity index (χ2n) is 11.1. The summed E-state index contributed by atoms with van der Waals surface area (Å²) in [6, 6.07) is 7.44. The monoisotopic (exact) mass is 470 g/mol. The highest BCUT2D eigenvalue weighted by Crippen LogP contribution is 2.28. The molecule has 2 aromatic rings. The maximum atomic E-state index is 13.5. The van der Waals surface area contributed by atoms with E-state index in [0.29, 0.717) is 19.5 Å². The summed E-state index contributed by atoms with van der Waals surface area (Å²) < 4.78 is 0. The molecule has 2 N–H and O–H groups in total. The molecule has 1 saturated heterocycles. The smallest absolute Gasteiger partial charge is 0.243 e. The van der Waals surface area contributed by atoms with Crippen molar-refractivity contribution in [1.29, 1.82) is 0 Å². The lowest BCUT2D eigenvalue weighted by Gasteiger charge is -2.39. The average molecular weight is 471 g/mol. The first-order chi connectivity index (χ1) is 15.4. The largest absolute Gasteiger partial charge is 0.350 e. The summed E-state index contributed by atoms with van der Waals surface area (Å²) in [4.78, 5) is 33.8. The van der Waals surface area contributed by atoms with Crippen LogP contribution in [0.15, 0.2) is 29.8 Å². The molecule has 1 aromatic heterocycles. The van der Waals surface area contributed by atoms with E-state index < -0.39 is 6.04 Å². The minimum absolute atomic E-state index is 0.0133. The lowest BCUT2D eigenvalue weighted by molar-refractivity contribution is -0.142. The van der Waals surface area contributed by atoms with Crippen LogP contribution in [0, 0.1) is 12.3 Å². The van der Waals surface area contributed by atoms with E-state index in [2.05, 4.69) is 69.3 Å². The first-order valence-electron chi connectivity index (χ1n) is 11.7. The molecule has 2 amide bonds. The molecule has 2 heterocycles. The zero-order valence-corrected chi connectivity index (χ0v) is 21.8. The van der Waals surface area contributed by atoms with Crippen molar-refractivity contribution in [3.05, 3.63) is 41.0 Å². The van der Waals surface area contributed by atoms with Gasteiger partial charge in [-0.05, 0) is 57.1 Å². The molecule has 180 valence electrons. The van der Waals surface area contributed by atoms with Gasteiger partial charge in [-0.2, -0.15) is 0 Å². The van der Waals surface area contributed by atoms with Crippen molar-refractivity contribution in [2.45, 2.75) is 85.5 Å². The maximum absolute atomic E-state index is 13.5. The summed E-state index contributed by atoms with van der Waals surface area (Å²) in [5.41, 5.74) is 4.60. The molecule has 1 aromatic carbocycles. The van der Waals surface area contributed by atoms with Gasteiger partial charge in [-0.3, -0.25) is 9.59 Å². The third-order valence-electron chi connectivity index (χ3n) is 5.96. The molecule has 1 fully saturated rings. The molecule has 0 unspecified atom stereocenters. The van der Waals surface area contributed by atoms with E-state index in [1.807, 2.05) is 24.6 Å². The standard InChI is InChI=1S/C26H38N4O2S/c1-17-21(33-16-28-17)19-12-10-18(11-13-19)15-27-23(31)20-9-8-14-30(20)24(32)22(25(2,3)4)29-26(5,6)7/h10-13,16,20,22,29H,8-9,14-15H2,1-7H3,(H,27,31)/t20-,22+/m1/s1. The third kappa shape index (κ3) is 6.42. The van der Waals surface area contributed by atoms with Crippen LogP contribution in [0.4, 0.5) is 0 Å². The van der Waals surface area contributed by atoms with Crippen LogP contribution in [0.25, 0.3) is 10.4 Å². The van der Waals surface area contributed by atoms with Gasteiger partial charge in [-0.25, -0.2) is 4.98 Å². The normalized spacial score (nSPS) is 17.8. The Hall–Kier alpha value is -2.25. The molecule has 1 aliphatic heterocycles. The van der Waals surface area contributed by atoms with Crippen LogP contribution in [-0.2, 0) is 16.1 Å². The molecule has 0 saturated carbocycles. The van der Waals surface area contributed by atoms with Crippen LogP contribution in [0.2, 0.25) is 0 Å². The number of amides is 2. The van der Waals surface area contributed by atoms with Gasteiger partial charge in [-0.1, -0.05) is 45.0 Å². The molecule has 3 rings (SSSR count). The van der Waals surface area contributed by atoms with Crippen LogP contribution >= 0.6 is 11.3 Å². The highest BCUT2D eigenvalue weighted by molar-refractivity contribution is 7.13. The van der Waals surface area contributed by atoms with E-state index in [1.54, 1.807) is 16.2 Å². The number of hydrogen-bond acceptors (Lipinski definition) is 5. The molecule has 7 heteroatoms. The number of nitrogens with one attached hydrogen (secondary N) is 2. The molecule has 0 radical (unpaired) electrons. The minimum Gasteiger partial charge on any atom is -0.350 e. The number of likely N-dealkylation sites (tertiary alicyclic amines) is 1. The Morgan fingerprint density at radius 2 is 1.82 bits per heavy atom. The molecule has 1 aliphatic rings. The fourth-order valence-corrected chi connectivity index (χ4v) is 5.02. The highest BCUT2D eigenvalue weighted by atomic mass is 32.1. The number of aromatic nitrogens is 1. The van der Waals surface area contributed by atoms with Gasteiger partial charge in [0.15, 0.2) is 0 Å². The predicted molar refractivity (Wildman–Crippen MR) is 135 cm³/mol. The first kappa shape index (κ1) is 25.4. The number of nitrogens with zero attached hydrogens (tertiary/aromatic N) is 2. The van der Waals surface area contributed by atoms with Crippen molar-refractivity contribution in [3.63, 3.8) is 0 Å². The maximum Gasteiger partial charge on any atom is 0.243 e. The Balaban J connectivity index is 1.64. The van der Waals surface area contributed by atoms with Crippen LogP contribution in [-0.4, -0.2) is 45.9 Å². The Bertz CT molecular complexity index is 969. The summed E-state index contributed by atoms with van der Waals surface area (Å²) in [5, 5.41) is 6.54. The van der Waals surface area contributed by atoms with Gasteiger partial charge in [-0.15, -0.1) is 11.3 Å². The Morgan fingerprint density at radius 1 is 1.15 bits per heavy atom. The van der Waals surface area contributed by atoms with Gasteiger partial charge >= 0.3 is 0 Å². The first-order valence-corrected chi connectivity index (χ1v) is 12.6. The summed E-state index contributed by atoms with van der Waals surface area (Å²) in [7, 11) is 0. The predicted octanol–water partition coefficient (Wildman–Crippen LogP) is 4.53. The van der Waals surface area contributed by atoms with Crippen molar-refractivity contribution in [2.24, 2.45) is 5.41 Å². The molecule has 0 bridgehead atoms. The molecule has 2 atom stereocenters. The van der Waals surface area contributed by atoms with Gasteiger partial charge in [0, 0.05) is 18.6 Å². The van der Waals surface area contributed by atoms with Gasteiger partial charge in [0.1, 0.15) is 6.04 Å². The summed E-state index contributed by atoms with van der Waals surface area (Å²) in [6.07, 6.45) is 1.55. The Morgan fingerprint density at radius 3 is 2.36 bits per heavy atom. The SMILES string of the molecule is Cc1ncsc1-c1ccc(CNC(=O)[C@H]2CCCN2C(=O)[C@H](NC(C)(C)C)C(C)(C)C)cc1. The lowest BCUT2D eigenvalue weighted by Crippen LogP contribution is -2.60. The van der Waals surface area contributed by atoms with E-state index in [-0.39, 0.29) is 28.8 Å². The number of carbonyl (C=O) groups excluding carboxylic acids is 2. The highest BCUT2D eigenvalue weighted by Gasteiger charge is 2.42. The number of thiazole rings is 1. The zero-order chi connectivity index (χ0) is 24.4. The molecular weight excluding hydrogens is 432 g/mol. The quantitative estimate of drug-likeness (QED) is 0.651. The van der Waals surface area contributed by atoms with Gasteiger partial charge in [0.05, 0.1) is 22.1 Å². The number of rotatable bonds is 6. The average Bonchev–Trinajstić information content (AvgIpc) is 3.38. The van der Waals surface area contributed by atoms with Crippen LogP contribution in [0.1, 0.15) is 65.6 Å². The molecule has 0 aliphatic carbocycles. The van der Waals surface area contributed by atoms with Crippen LogP contribution < -0.4 is 10.6 Å². The Labute approximate surface area is 202 Å². The van der Waals surface area contributed by atoms with Gasteiger partial charge in [0.25, 0.3) is 0 Å². The van der Waals surface area contributed by atoms with Crippen LogP contribution in [0.5, 0.6) is 0 Å². The summed E-state index contributed by atoms with van der Waals surface area (Å²) in [6.45, 7) is 15.5. The number of aryl methyl sites for hydroxylation is 1. The van der Waals surface area contributed by atoms with Crippen molar-refractivity contribution in [3.8, 4) is 10.4 Å². The van der Waals surface area contributed by atoms with Gasteiger partial charge in [0.2, 0.25) is 11.8 Å².